The normalized spacial score (nSPS) is 14.9. The molecule has 1 heterocycles. The molecule has 0 amide bonds. The zero-order chi connectivity index (χ0) is 11.4. The van der Waals surface area contributed by atoms with Crippen LogP contribution in [-0.2, 0) is 6.42 Å². The molecule has 0 unspecified atom stereocenters. The highest BCUT2D eigenvalue weighted by Gasteiger charge is 2.05. The van der Waals surface area contributed by atoms with E-state index in [0.29, 0.717) is 0 Å². The summed E-state index contributed by atoms with van der Waals surface area (Å²) in [5, 5.41) is 21.7. The quantitative estimate of drug-likeness (QED) is 0.675. The predicted molar refractivity (Wildman–Crippen MR) is 63.0 cm³/mol. The second-order valence-corrected chi connectivity index (χ2v) is 3.93. The lowest BCUT2D eigenvalue weighted by Gasteiger charge is -2.06. The molecule has 2 rings (SSSR count). The number of nitrogens with one attached hydrogen (secondary N) is 1. The molecular weight excluding hydrogens is 204 g/mol. The number of benzene rings is 1. The van der Waals surface area contributed by atoms with Crippen molar-refractivity contribution in [3.05, 3.63) is 23.8 Å². The van der Waals surface area contributed by atoms with Gasteiger partial charge in [-0.1, -0.05) is 6.07 Å². The zero-order valence-electron chi connectivity index (χ0n) is 9.11. The first-order valence-electron chi connectivity index (χ1n) is 5.54. The van der Waals surface area contributed by atoms with E-state index in [4.69, 9.17) is 5.11 Å². The fraction of sp³-hybridized carbons (Fsp3) is 0.417. The molecule has 4 nitrogen and oxygen atoms in total. The molecule has 1 aliphatic rings. The highest BCUT2D eigenvalue weighted by Crippen LogP contribution is 2.24. The number of hydrogen-bond donors (Lipinski definition) is 3. The van der Waals surface area contributed by atoms with Crippen molar-refractivity contribution >= 4 is 5.84 Å². The summed E-state index contributed by atoms with van der Waals surface area (Å²) in [7, 11) is 0. The lowest BCUT2D eigenvalue weighted by Crippen LogP contribution is -2.23. The monoisotopic (exact) mass is 220 g/mol. The van der Waals surface area contributed by atoms with E-state index >= 15 is 0 Å². The average molecular weight is 220 g/mol. The van der Waals surface area contributed by atoms with Gasteiger partial charge in [0.05, 0.1) is 5.84 Å². The Balaban J connectivity index is 1.82. The van der Waals surface area contributed by atoms with Crippen LogP contribution >= 0.6 is 0 Å². The largest absolute Gasteiger partial charge is 0.504 e. The Morgan fingerprint density at radius 3 is 2.81 bits per heavy atom. The van der Waals surface area contributed by atoms with Crippen molar-refractivity contribution in [3.8, 4) is 11.5 Å². The SMILES string of the molecule is Oc1ccc(CCNC2=NCCC2)cc1O. The highest BCUT2D eigenvalue weighted by molar-refractivity contribution is 5.83. The molecule has 0 saturated carbocycles. The smallest absolute Gasteiger partial charge is 0.157 e. The summed E-state index contributed by atoms with van der Waals surface area (Å²) in [5.74, 6) is 0.954. The molecule has 3 N–H and O–H groups in total. The topological polar surface area (TPSA) is 64.8 Å². The minimum Gasteiger partial charge on any atom is -0.504 e. The second-order valence-electron chi connectivity index (χ2n) is 3.93. The first kappa shape index (κ1) is 10.8. The van der Waals surface area contributed by atoms with Crippen LogP contribution in [0.2, 0.25) is 0 Å². The molecular formula is C12H16N2O2. The number of rotatable bonds is 3. The summed E-state index contributed by atoms with van der Waals surface area (Å²) in [5.41, 5.74) is 1.00. The van der Waals surface area contributed by atoms with Crippen molar-refractivity contribution in [1.82, 2.24) is 5.32 Å². The summed E-state index contributed by atoms with van der Waals surface area (Å²) in [4.78, 5) is 4.31. The molecule has 0 aliphatic carbocycles. The number of amidine groups is 1. The van der Waals surface area contributed by atoms with Gasteiger partial charge >= 0.3 is 0 Å². The van der Waals surface area contributed by atoms with Crippen LogP contribution in [0.3, 0.4) is 0 Å². The Bertz CT molecular complexity index is 402. The van der Waals surface area contributed by atoms with E-state index in [2.05, 4.69) is 10.3 Å². The zero-order valence-corrected chi connectivity index (χ0v) is 9.11. The molecule has 0 saturated heterocycles. The third-order valence-corrected chi connectivity index (χ3v) is 2.66. The number of aliphatic imine (C=N–C) groups is 1. The van der Waals surface area contributed by atoms with E-state index in [1.54, 1.807) is 6.07 Å². The minimum absolute atomic E-state index is 0.0595. The summed E-state index contributed by atoms with van der Waals surface area (Å²) >= 11 is 0. The molecule has 0 fully saturated rings. The van der Waals surface area contributed by atoms with Gasteiger partial charge in [0.15, 0.2) is 11.5 Å². The third kappa shape index (κ3) is 2.66. The van der Waals surface area contributed by atoms with Gasteiger partial charge in [0, 0.05) is 19.5 Å². The molecule has 86 valence electrons. The van der Waals surface area contributed by atoms with E-state index < -0.39 is 0 Å². The van der Waals surface area contributed by atoms with Gasteiger partial charge in [-0.25, -0.2) is 0 Å². The van der Waals surface area contributed by atoms with E-state index in [-0.39, 0.29) is 11.5 Å². The standard InChI is InChI=1S/C12H16N2O2/c15-10-4-3-9(8-11(10)16)5-7-14-12-2-1-6-13-12/h3-4,8,15-16H,1-2,5-7H2,(H,13,14). The molecule has 0 aromatic heterocycles. The van der Waals surface area contributed by atoms with Crippen molar-refractivity contribution in [2.75, 3.05) is 13.1 Å². The third-order valence-electron chi connectivity index (χ3n) is 2.66. The molecule has 1 aromatic carbocycles. The Labute approximate surface area is 94.6 Å². The Hall–Kier alpha value is -1.71. The molecule has 16 heavy (non-hydrogen) atoms. The maximum atomic E-state index is 9.32. The van der Waals surface area contributed by atoms with Gasteiger partial charge in [0.2, 0.25) is 0 Å². The fourth-order valence-electron chi connectivity index (χ4n) is 1.76. The summed E-state index contributed by atoms with van der Waals surface area (Å²) in [6.45, 7) is 1.74. The predicted octanol–water partition coefficient (Wildman–Crippen LogP) is 1.42. The first-order chi connectivity index (χ1) is 7.75. The van der Waals surface area contributed by atoms with Crippen molar-refractivity contribution in [3.63, 3.8) is 0 Å². The summed E-state index contributed by atoms with van der Waals surface area (Å²) in [6, 6.07) is 4.92. The van der Waals surface area contributed by atoms with Crippen molar-refractivity contribution in [1.29, 1.82) is 0 Å². The summed E-state index contributed by atoms with van der Waals surface area (Å²) < 4.78 is 0. The lowest BCUT2D eigenvalue weighted by atomic mass is 10.1. The van der Waals surface area contributed by atoms with Gasteiger partial charge in [-0.3, -0.25) is 4.99 Å². The molecule has 0 atom stereocenters. The van der Waals surface area contributed by atoms with Crippen LogP contribution in [0.25, 0.3) is 0 Å². The summed E-state index contributed by atoms with van der Waals surface area (Å²) in [6.07, 6.45) is 3.00. The molecule has 4 heteroatoms. The van der Waals surface area contributed by atoms with Gasteiger partial charge in [-0.05, 0) is 30.5 Å². The number of hydrogen-bond acceptors (Lipinski definition) is 4. The van der Waals surface area contributed by atoms with Crippen LogP contribution in [0, 0.1) is 0 Å². The van der Waals surface area contributed by atoms with Crippen LogP contribution < -0.4 is 5.32 Å². The first-order valence-corrected chi connectivity index (χ1v) is 5.54. The Kier molecular flexibility index (Phi) is 3.29. The molecule has 0 spiro atoms. The van der Waals surface area contributed by atoms with Crippen LogP contribution in [0.5, 0.6) is 11.5 Å². The van der Waals surface area contributed by atoms with Gasteiger partial charge in [0.25, 0.3) is 0 Å². The van der Waals surface area contributed by atoms with Gasteiger partial charge < -0.3 is 15.5 Å². The highest BCUT2D eigenvalue weighted by atomic mass is 16.3. The van der Waals surface area contributed by atoms with Crippen LogP contribution in [0.4, 0.5) is 0 Å². The van der Waals surface area contributed by atoms with E-state index in [1.807, 2.05) is 6.07 Å². The number of phenolic OH excluding ortho intramolecular Hbond substituents is 2. The average Bonchev–Trinajstić information content (AvgIpc) is 2.76. The minimum atomic E-state index is -0.0723. The van der Waals surface area contributed by atoms with Gasteiger partial charge in [0.1, 0.15) is 0 Å². The number of aromatic hydroxyl groups is 2. The van der Waals surface area contributed by atoms with Gasteiger partial charge in [-0.2, -0.15) is 0 Å². The van der Waals surface area contributed by atoms with Crippen molar-refractivity contribution < 1.29 is 10.2 Å². The van der Waals surface area contributed by atoms with E-state index in [0.717, 1.165) is 43.8 Å². The van der Waals surface area contributed by atoms with Crippen LogP contribution in [0.1, 0.15) is 18.4 Å². The maximum Gasteiger partial charge on any atom is 0.157 e. The molecule has 1 aliphatic heterocycles. The molecule has 0 bridgehead atoms. The van der Waals surface area contributed by atoms with Crippen molar-refractivity contribution in [2.24, 2.45) is 4.99 Å². The van der Waals surface area contributed by atoms with Crippen LogP contribution in [0.15, 0.2) is 23.2 Å². The Morgan fingerprint density at radius 1 is 1.25 bits per heavy atom. The molecule has 0 radical (unpaired) electrons. The maximum absolute atomic E-state index is 9.32. The number of phenols is 2. The fourth-order valence-corrected chi connectivity index (χ4v) is 1.76. The number of nitrogens with zero attached hydrogens (tertiary/aromatic N) is 1. The van der Waals surface area contributed by atoms with E-state index in [1.165, 1.54) is 6.07 Å². The van der Waals surface area contributed by atoms with Gasteiger partial charge in [-0.15, -0.1) is 0 Å². The lowest BCUT2D eigenvalue weighted by molar-refractivity contribution is 0.403. The van der Waals surface area contributed by atoms with Crippen LogP contribution in [-0.4, -0.2) is 29.1 Å². The van der Waals surface area contributed by atoms with E-state index in [9.17, 15) is 5.11 Å². The van der Waals surface area contributed by atoms with Crippen molar-refractivity contribution in [2.45, 2.75) is 19.3 Å². The Morgan fingerprint density at radius 2 is 2.12 bits per heavy atom. The molecule has 1 aromatic rings. The second kappa shape index (κ2) is 4.88.